The molecule has 1 heterocycles. The average molecular weight is 522 g/mol. The average Bonchev–Trinajstić information content (AvgIpc) is 3.44. The highest BCUT2D eigenvalue weighted by atomic mass is 15.1. The maximum absolute atomic E-state index is 4.23. The second-order valence-corrected chi connectivity index (χ2v) is 10.4. The van der Waals surface area contributed by atoms with Crippen LogP contribution in [0.3, 0.4) is 0 Å². The Hall–Kier alpha value is -4.44. The van der Waals surface area contributed by atoms with E-state index in [1.54, 1.807) is 0 Å². The summed E-state index contributed by atoms with van der Waals surface area (Å²) in [6, 6.07) is 51.9. The zero-order valence-electron chi connectivity index (χ0n) is 22.6. The third-order valence-electron chi connectivity index (χ3n) is 7.74. The van der Waals surface area contributed by atoms with Gasteiger partial charge in [-0.2, -0.15) is 0 Å². The van der Waals surface area contributed by atoms with E-state index in [4.69, 9.17) is 0 Å². The molecule has 3 N–H and O–H groups in total. The molecule has 0 fully saturated rings. The number of para-hydroxylation sites is 1. The number of rotatable bonds is 11. The van der Waals surface area contributed by atoms with E-state index < -0.39 is 5.54 Å². The van der Waals surface area contributed by atoms with Crippen LogP contribution in [0.2, 0.25) is 0 Å². The fraction of sp³-hybridized carbons (Fsp3) is 0.135. The minimum atomic E-state index is -0.533. The molecule has 0 amide bonds. The highest BCUT2D eigenvalue weighted by Gasteiger charge is 2.38. The van der Waals surface area contributed by atoms with Gasteiger partial charge in [0, 0.05) is 36.2 Å². The highest BCUT2D eigenvalue weighted by molar-refractivity contribution is 5.83. The fourth-order valence-electron chi connectivity index (χ4n) is 5.85. The number of hydrogen-bond donors (Lipinski definition) is 3. The van der Waals surface area contributed by atoms with Gasteiger partial charge in [0.05, 0.1) is 5.54 Å². The Bertz CT molecular complexity index is 1510. The lowest BCUT2D eigenvalue weighted by atomic mass is 9.76. The molecular formula is C37H35N3. The molecule has 1 unspecified atom stereocenters. The van der Waals surface area contributed by atoms with Crippen LogP contribution in [0.1, 0.15) is 27.8 Å². The summed E-state index contributed by atoms with van der Waals surface area (Å²) in [5, 5.41) is 9.28. The van der Waals surface area contributed by atoms with E-state index in [1.807, 2.05) is 0 Å². The lowest BCUT2D eigenvalue weighted by Gasteiger charge is -2.40. The lowest BCUT2D eigenvalue weighted by Crippen LogP contribution is -2.53. The summed E-state index contributed by atoms with van der Waals surface area (Å²) in [6.07, 6.45) is 3.05. The molecule has 0 aliphatic carbocycles. The first-order valence-electron chi connectivity index (χ1n) is 14.1. The van der Waals surface area contributed by atoms with Crippen LogP contribution in [0.15, 0.2) is 152 Å². The summed E-state index contributed by atoms with van der Waals surface area (Å²) < 4.78 is 0. The van der Waals surface area contributed by atoms with Crippen molar-refractivity contribution < 1.29 is 0 Å². The number of aromatic amines is 1. The van der Waals surface area contributed by atoms with Gasteiger partial charge in [-0.25, -0.2) is 0 Å². The molecule has 3 heteroatoms. The topological polar surface area (TPSA) is 39.9 Å². The number of benzene rings is 5. The minimum Gasteiger partial charge on any atom is -0.361 e. The van der Waals surface area contributed by atoms with Crippen LogP contribution in [-0.2, 0) is 18.5 Å². The molecule has 1 atom stereocenters. The Labute approximate surface area is 236 Å². The van der Waals surface area contributed by atoms with Crippen molar-refractivity contribution >= 4 is 10.9 Å². The smallest absolute Gasteiger partial charge is 0.0950 e. The van der Waals surface area contributed by atoms with Crippen molar-refractivity contribution in [2.75, 3.05) is 6.54 Å². The number of hydrogen-bond acceptors (Lipinski definition) is 2. The summed E-state index contributed by atoms with van der Waals surface area (Å²) in [7, 11) is 0. The van der Waals surface area contributed by atoms with Crippen LogP contribution in [0.4, 0.5) is 0 Å². The number of fused-ring (bicyclic) bond motifs is 1. The van der Waals surface area contributed by atoms with Crippen molar-refractivity contribution in [3.05, 3.63) is 180 Å². The molecule has 0 bridgehead atoms. The standard InChI is InChI=1S/C37H35N3/c1-5-15-29(16-6-1)26-38-28-34(25-30-27-39-36-24-14-13-23-35(30)36)40-37(31-17-7-2-8-18-31,32-19-9-3-10-20-32)33-21-11-4-12-22-33/h1-24,27,34,38-40H,25-26,28H2. The molecule has 1 aromatic heterocycles. The molecule has 3 nitrogen and oxygen atoms in total. The van der Waals surface area contributed by atoms with E-state index in [0.717, 1.165) is 19.5 Å². The minimum absolute atomic E-state index is 0.128. The van der Waals surface area contributed by atoms with Crippen molar-refractivity contribution in [2.45, 2.75) is 24.5 Å². The molecule has 198 valence electrons. The molecule has 6 aromatic rings. The monoisotopic (exact) mass is 521 g/mol. The fourth-order valence-corrected chi connectivity index (χ4v) is 5.85. The van der Waals surface area contributed by atoms with E-state index >= 15 is 0 Å². The molecule has 40 heavy (non-hydrogen) atoms. The molecule has 0 spiro atoms. The van der Waals surface area contributed by atoms with Crippen molar-refractivity contribution in [3.8, 4) is 0 Å². The summed E-state index contributed by atoms with van der Waals surface area (Å²) >= 11 is 0. The molecule has 0 radical (unpaired) electrons. The first kappa shape index (κ1) is 25.8. The van der Waals surface area contributed by atoms with Gasteiger partial charge in [0.25, 0.3) is 0 Å². The lowest BCUT2D eigenvalue weighted by molar-refractivity contribution is 0.372. The summed E-state index contributed by atoms with van der Waals surface area (Å²) in [5.41, 5.74) is 6.91. The van der Waals surface area contributed by atoms with Crippen LogP contribution in [0.25, 0.3) is 10.9 Å². The second kappa shape index (κ2) is 12.2. The molecule has 0 saturated carbocycles. The van der Waals surface area contributed by atoms with Gasteiger partial charge in [0.1, 0.15) is 0 Å². The Balaban J connectivity index is 1.43. The van der Waals surface area contributed by atoms with E-state index in [9.17, 15) is 0 Å². The van der Waals surface area contributed by atoms with E-state index in [1.165, 1.54) is 38.7 Å². The van der Waals surface area contributed by atoms with Crippen molar-refractivity contribution in [2.24, 2.45) is 0 Å². The molecular weight excluding hydrogens is 486 g/mol. The van der Waals surface area contributed by atoms with Gasteiger partial charge in [-0.05, 0) is 40.3 Å². The normalized spacial score (nSPS) is 12.4. The zero-order valence-corrected chi connectivity index (χ0v) is 22.6. The third-order valence-corrected chi connectivity index (χ3v) is 7.74. The number of H-pyrrole nitrogens is 1. The Morgan fingerprint density at radius 3 is 1.65 bits per heavy atom. The van der Waals surface area contributed by atoms with Crippen LogP contribution in [0.5, 0.6) is 0 Å². The third kappa shape index (κ3) is 5.48. The van der Waals surface area contributed by atoms with Crippen molar-refractivity contribution in [1.29, 1.82) is 0 Å². The van der Waals surface area contributed by atoms with Crippen LogP contribution < -0.4 is 10.6 Å². The SMILES string of the molecule is c1ccc(CNCC(Cc2c[nH]c3ccccc23)NC(c2ccccc2)(c2ccccc2)c2ccccc2)cc1. The molecule has 0 aliphatic heterocycles. The van der Waals surface area contributed by atoms with Crippen LogP contribution >= 0.6 is 0 Å². The highest BCUT2D eigenvalue weighted by Crippen LogP contribution is 2.37. The van der Waals surface area contributed by atoms with Crippen LogP contribution in [0, 0.1) is 0 Å². The Kier molecular flexibility index (Phi) is 7.85. The maximum atomic E-state index is 4.23. The Morgan fingerprint density at radius 1 is 0.575 bits per heavy atom. The van der Waals surface area contributed by atoms with Gasteiger partial charge >= 0.3 is 0 Å². The van der Waals surface area contributed by atoms with Gasteiger partial charge in [-0.3, -0.25) is 5.32 Å². The predicted octanol–water partition coefficient (Wildman–Crippen LogP) is 7.45. The van der Waals surface area contributed by atoms with Gasteiger partial charge in [0.15, 0.2) is 0 Å². The first-order valence-corrected chi connectivity index (χ1v) is 14.1. The predicted molar refractivity (Wildman–Crippen MR) is 166 cm³/mol. The number of nitrogens with one attached hydrogen (secondary N) is 3. The quantitative estimate of drug-likeness (QED) is 0.155. The molecule has 0 saturated heterocycles. The second-order valence-electron chi connectivity index (χ2n) is 10.4. The zero-order chi connectivity index (χ0) is 27.0. The van der Waals surface area contributed by atoms with E-state index in [2.05, 4.69) is 167 Å². The number of aromatic nitrogens is 1. The van der Waals surface area contributed by atoms with Gasteiger partial charge < -0.3 is 10.3 Å². The van der Waals surface area contributed by atoms with Crippen molar-refractivity contribution in [3.63, 3.8) is 0 Å². The van der Waals surface area contributed by atoms with E-state index in [0.29, 0.717) is 0 Å². The largest absolute Gasteiger partial charge is 0.361 e. The maximum Gasteiger partial charge on any atom is 0.0950 e. The Morgan fingerprint density at radius 2 is 1.07 bits per heavy atom. The molecule has 0 aliphatic rings. The molecule has 5 aromatic carbocycles. The van der Waals surface area contributed by atoms with Gasteiger partial charge in [0.2, 0.25) is 0 Å². The van der Waals surface area contributed by atoms with Crippen molar-refractivity contribution in [1.82, 2.24) is 15.6 Å². The van der Waals surface area contributed by atoms with Gasteiger partial charge in [-0.15, -0.1) is 0 Å². The first-order chi connectivity index (χ1) is 19.8. The summed E-state index contributed by atoms with van der Waals surface area (Å²) in [4.78, 5) is 3.49. The van der Waals surface area contributed by atoms with Gasteiger partial charge in [-0.1, -0.05) is 140 Å². The summed E-state index contributed by atoms with van der Waals surface area (Å²) in [5.74, 6) is 0. The van der Waals surface area contributed by atoms with E-state index in [-0.39, 0.29) is 6.04 Å². The van der Waals surface area contributed by atoms with Crippen LogP contribution in [-0.4, -0.2) is 17.6 Å². The molecule has 6 rings (SSSR count). The summed E-state index contributed by atoms with van der Waals surface area (Å²) in [6.45, 7) is 1.63.